The molecule has 4 N–H and O–H groups in total. The summed E-state index contributed by atoms with van der Waals surface area (Å²) in [5.74, 6) is -1.01. The lowest BCUT2D eigenvalue weighted by molar-refractivity contribution is -0.287. The van der Waals surface area contributed by atoms with E-state index in [9.17, 15) is 25.2 Å². The van der Waals surface area contributed by atoms with Crippen LogP contribution in [0.5, 0.6) is 0 Å². The van der Waals surface area contributed by atoms with E-state index >= 15 is 0 Å². The molecule has 5 aliphatic rings. The fraction of sp³-hybridized carbons (Fsp3) is 0.900. The molecule has 0 bridgehead atoms. The summed E-state index contributed by atoms with van der Waals surface area (Å²) in [4.78, 5) is 13.5. The number of aliphatic hydroxyl groups is 3. The number of carbonyl (C=O) groups is 1. The number of carboxylic acids is 1. The maximum Gasteiger partial charge on any atom is 0.314 e. The van der Waals surface area contributed by atoms with E-state index in [1.54, 1.807) is 0 Å². The Balaban J connectivity index is 1.71. The molecule has 198 valence electrons. The molecule has 10 atom stereocenters. The van der Waals surface area contributed by atoms with Crippen molar-refractivity contribution in [1.82, 2.24) is 0 Å². The third kappa shape index (κ3) is 2.95. The zero-order chi connectivity index (χ0) is 26.0. The van der Waals surface area contributed by atoms with E-state index in [0.717, 1.165) is 44.1 Å². The molecular formula is C30H48O5. The summed E-state index contributed by atoms with van der Waals surface area (Å²) in [7, 11) is 0. The number of fused-ring (bicyclic) bond motifs is 7. The van der Waals surface area contributed by atoms with E-state index < -0.39 is 40.5 Å². The highest BCUT2D eigenvalue weighted by molar-refractivity contribution is 5.81. The van der Waals surface area contributed by atoms with E-state index in [4.69, 9.17) is 0 Å². The normalized spacial score (nSPS) is 54.4. The highest BCUT2D eigenvalue weighted by Crippen LogP contribution is 2.75. The molecule has 0 unspecified atom stereocenters. The third-order valence-electron chi connectivity index (χ3n) is 12.9. The molecule has 0 amide bonds. The van der Waals surface area contributed by atoms with Crippen LogP contribution < -0.4 is 0 Å². The lowest BCUT2D eigenvalue weighted by Gasteiger charge is -2.72. The molecule has 0 aliphatic heterocycles. The van der Waals surface area contributed by atoms with Gasteiger partial charge in [0.25, 0.3) is 0 Å². The van der Waals surface area contributed by atoms with Crippen LogP contribution in [-0.2, 0) is 4.79 Å². The van der Waals surface area contributed by atoms with Gasteiger partial charge in [0, 0.05) is 11.3 Å². The number of carboxylic acid groups (broad SMARTS) is 1. The van der Waals surface area contributed by atoms with Crippen molar-refractivity contribution in [2.45, 2.75) is 118 Å². The Kier molecular flexibility index (Phi) is 5.40. The topological polar surface area (TPSA) is 98.0 Å². The molecule has 0 aromatic rings. The summed E-state index contributed by atoms with van der Waals surface area (Å²) < 4.78 is 0. The van der Waals surface area contributed by atoms with Crippen LogP contribution in [0.15, 0.2) is 11.6 Å². The number of allylic oxidation sites excluding steroid dienone is 1. The smallest absolute Gasteiger partial charge is 0.314 e. The SMILES string of the molecule is CC1(C)CC[C@]2(C)CC[C@]3(C(=O)O)C(=CC[C@@H]4[C@@]5(C)CC[C@H](O)C(C)(C)[C@@H]5[C@H](O)[C@@H](O)[C@]43C)[C@@H]2C1. The van der Waals surface area contributed by atoms with Gasteiger partial charge in [-0.15, -0.1) is 0 Å². The summed E-state index contributed by atoms with van der Waals surface area (Å²) in [6.07, 6.45) is 6.21. The quantitative estimate of drug-likeness (QED) is 0.382. The lowest BCUT2D eigenvalue weighted by atomic mass is 9.32. The standard InChI is InChI=1S/C30H48O5/c1-25(2)12-13-27(5)14-15-30(24(34)35)17(18(27)16-25)8-9-19-28(6)11-10-20(31)26(3,4)22(28)21(32)23(33)29(19,30)7/h8,18-23,31-33H,9-16H2,1-7H3,(H,34,35)/t18-,19+,20-,21-,22-,23+,27+,28+,29-,30+/m0/s1. The highest BCUT2D eigenvalue weighted by Gasteiger charge is 2.76. The Hall–Kier alpha value is -0.910. The van der Waals surface area contributed by atoms with E-state index in [2.05, 4.69) is 33.8 Å². The third-order valence-corrected chi connectivity index (χ3v) is 12.9. The number of rotatable bonds is 1. The maximum absolute atomic E-state index is 13.5. The number of hydrogen-bond donors (Lipinski definition) is 4. The average Bonchev–Trinajstić information content (AvgIpc) is 2.75. The first-order valence-corrected chi connectivity index (χ1v) is 14.0. The zero-order valence-electron chi connectivity index (χ0n) is 22.9. The van der Waals surface area contributed by atoms with Crippen molar-refractivity contribution in [3.63, 3.8) is 0 Å². The monoisotopic (exact) mass is 488 g/mol. The minimum atomic E-state index is -1.18. The summed E-state index contributed by atoms with van der Waals surface area (Å²) in [5, 5.41) is 45.7. The summed E-state index contributed by atoms with van der Waals surface area (Å²) >= 11 is 0. The number of aliphatic hydroxyl groups excluding tert-OH is 3. The molecule has 0 aromatic heterocycles. The molecule has 0 radical (unpaired) electrons. The second-order valence-corrected chi connectivity index (χ2v) is 15.3. The van der Waals surface area contributed by atoms with Crippen LogP contribution in [0.25, 0.3) is 0 Å². The van der Waals surface area contributed by atoms with Crippen LogP contribution in [-0.4, -0.2) is 44.7 Å². The summed E-state index contributed by atoms with van der Waals surface area (Å²) in [5.41, 5.74) is -1.80. The van der Waals surface area contributed by atoms with Gasteiger partial charge in [0.1, 0.15) is 0 Å². The molecule has 5 heteroatoms. The van der Waals surface area contributed by atoms with E-state index in [0.29, 0.717) is 12.8 Å². The Labute approximate surface area is 211 Å². The van der Waals surface area contributed by atoms with E-state index in [-0.39, 0.29) is 34.0 Å². The van der Waals surface area contributed by atoms with E-state index in [1.807, 2.05) is 20.8 Å². The van der Waals surface area contributed by atoms with E-state index in [1.165, 1.54) is 0 Å². The van der Waals surface area contributed by atoms with Crippen LogP contribution >= 0.6 is 0 Å². The van der Waals surface area contributed by atoms with Gasteiger partial charge in [0.2, 0.25) is 0 Å². The Morgan fingerprint density at radius 2 is 1.54 bits per heavy atom. The van der Waals surface area contributed by atoms with Crippen molar-refractivity contribution in [1.29, 1.82) is 0 Å². The van der Waals surface area contributed by atoms with Crippen LogP contribution in [0.4, 0.5) is 0 Å². The molecule has 4 fully saturated rings. The largest absolute Gasteiger partial charge is 0.481 e. The van der Waals surface area contributed by atoms with Gasteiger partial charge in [0.15, 0.2) is 0 Å². The molecule has 0 saturated heterocycles. The number of aliphatic carboxylic acids is 1. The van der Waals surface area contributed by atoms with Gasteiger partial charge in [-0.1, -0.05) is 60.1 Å². The molecule has 0 heterocycles. The Bertz CT molecular complexity index is 952. The van der Waals surface area contributed by atoms with Crippen molar-refractivity contribution < 1.29 is 25.2 Å². The van der Waals surface area contributed by atoms with Gasteiger partial charge in [-0.2, -0.15) is 0 Å². The first-order valence-electron chi connectivity index (χ1n) is 14.0. The summed E-state index contributed by atoms with van der Waals surface area (Å²) in [6, 6.07) is 0. The fourth-order valence-corrected chi connectivity index (χ4v) is 10.7. The molecule has 4 saturated carbocycles. The second-order valence-electron chi connectivity index (χ2n) is 15.3. The molecule has 35 heavy (non-hydrogen) atoms. The van der Waals surface area contributed by atoms with Crippen molar-refractivity contribution in [2.75, 3.05) is 0 Å². The van der Waals surface area contributed by atoms with Gasteiger partial charge < -0.3 is 20.4 Å². The van der Waals surface area contributed by atoms with Gasteiger partial charge >= 0.3 is 5.97 Å². The minimum Gasteiger partial charge on any atom is -0.481 e. The van der Waals surface area contributed by atoms with Crippen LogP contribution in [0.1, 0.15) is 99.8 Å². The molecular weight excluding hydrogens is 440 g/mol. The fourth-order valence-electron chi connectivity index (χ4n) is 10.7. The molecule has 0 spiro atoms. The maximum atomic E-state index is 13.5. The van der Waals surface area contributed by atoms with Crippen molar-refractivity contribution >= 4 is 5.97 Å². The molecule has 5 aliphatic carbocycles. The van der Waals surface area contributed by atoms with Gasteiger partial charge in [-0.3, -0.25) is 4.79 Å². The van der Waals surface area contributed by atoms with Crippen LogP contribution in [0.2, 0.25) is 0 Å². The summed E-state index contributed by atoms with van der Waals surface area (Å²) in [6.45, 7) is 15.2. The first kappa shape index (κ1) is 25.7. The predicted molar refractivity (Wildman–Crippen MR) is 135 cm³/mol. The highest BCUT2D eigenvalue weighted by atomic mass is 16.4. The number of hydrogen-bond acceptors (Lipinski definition) is 4. The average molecular weight is 489 g/mol. The van der Waals surface area contributed by atoms with Gasteiger partial charge in [0.05, 0.1) is 23.7 Å². The van der Waals surface area contributed by atoms with Crippen LogP contribution in [0.3, 0.4) is 0 Å². The second kappa shape index (κ2) is 7.35. The lowest BCUT2D eigenvalue weighted by Crippen LogP contribution is -2.75. The van der Waals surface area contributed by atoms with Crippen molar-refractivity contribution in [2.24, 2.45) is 50.2 Å². The Morgan fingerprint density at radius 3 is 2.17 bits per heavy atom. The van der Waals surface area contributed by atoms with Crippen molar-refractivity contribution in [3.05, 3.63) is 11.6 Å². The molecule has 5 nitrogen and oxygen atoms in total. The van der Waals surface area contributed by atoms with Gasteiger partial charge in [-0.25, -0.2) is 0 Å². The Morgan fingerprint density at radius 1 is 0.914 bits per heavy atom. The van der Waals surface area contributed by atoms with Crippen molar-refractivity contribution in [3.8, 4) is 0 Å². The molecule has 5 rings (SSSR count). The van der Waals surface area contributed by atoms with Crippen LogP contribution in [0, 0.1) is 50.2 Å². The molecule has 0 aromatic carbocycles. The minimum absolute atomic E-state index is 0.0778. The first-order chi connectivity index (χ1) is 16.0. The zero-order valence-corrected chi connectivity index (χ0v) is 22.9. The van der Waals surface area contributed by atoms with Gasteiger partial charge in [-0.05, 0) is 84.9 Å². The predicted octanol–water partition coefficient (Wildman–Crippen LogP) is 5.18.